The van der Waals surface area contributed by atoms with Gasteiger partial charge in [0.2, 0.25) is 5.76 Å². The average Bonchev–Trinajstić information content (AvgIpc) is 3.38. The Labute approximate surface area is 202 Å². The van der Waals surface area contributed by atoms with E-state index in [1.54, 1.807) is 11.8 Å². The number of hydrogen-bond acceptors (Lipinski definition) is 6. The van der Waals surface area contributed by atoms with Crippen LogP contribution in [0.2, 0.25) is 0 Å². The van der Waals surface area contributed by atoms with Gasteiger partial charge in [0, 0.05) is 11.3 Å². The van der Waals surface area contributed by atoms with Crippen molar-refractivity contribution in [1.29, 1.82) is 0 Å². The van der Waals surface area contributed by atoms with E-state index in [0.717, 1.165) is 37.2 Å². The number of ether oxygens (including phenoxy) is 1. The Morgan fingerprint density at radius 1 is 1.15 bits per heavy atom. The van der Waals surface area contributed by atoms with E-state index in [2.05, 4.69) is 36.6 Å². The van der Waals surface area contributed by atoms with Crippen LogP contribution >= 0.6 is 11.8 Å². The molecule has 0 aromatic carbocycles. The summed E-state index contributed by atoms with van der Waals surface area (Å²) in [6, 6.07) is 0.190. The second-order valence-corrected chi connectivity index (χ2v) is 13.0. The second-order valence-electron chi connectivity index (χ2n) is 11.7. The first-order valence-electron chi connectivity index (χ1n) is 13.2. The van der Waals surface area contributed by atoms with Crippen LogP contribution in [0.3, 0.4) is 0 Å². The van der Waals surface area contributed by atoms with Crippen molar-refractivity contribution in [2.45, 2.75) is 101 Å². The third kappa shape index (κ3) is 4.44. The Bertz CT molecular complexity index is 844. The highest BCUT2D eigenvalue weighted by molar-refractivity contribution is 8.00. The molecule has 7 heteroatoms. The number of hydrogen-bond donors (Lipinski definition) is 2. The monoisotopic (exact) mass is 475 g/mol. The summed E-state index contributed by atoms with van der Waals surface area (Å²) in [5, 5.41) is 11.5. The lowest BCUT2D eigenvalue weighted by molar-refractivity contribution is 0.0789. The highest BCUT2D eigenvalue weighted by Crippen LogP contribution is 2.65. The molecule has 1 aromatic rings. The zero-order valence-corrected chi connectivity index (χ0v) is 21.4. The molecule has 2 bridgehead atoms. The number of carbonyl (C=O) groups is 1. The zero-order chi connectivity index (χ0) is 23.1. The van der Waals surface area contributed by atoms with Crippen LogP contribution in [0.25, 0.3) is 0 Å². The minimum Gasteiger partial charge on any atom is -0.474 e. The van der Waals surface area contributed by atoms with Crippen molar-refractivity contribution in [3.8, 4) is 5.88 Å². The Hall–Kier alpha value is -1.21. The molecule has 4 aliphatic rings. The highest BCUT2D eigenvalue weighted by atomic mass is 32.2. The van der Waals surface area contributed by atoms with E-state index in [-0.39, 0.29) is 22.8 Å². The molecule has 1 aromatic heterocycles. The molecule has 5 rings (SSSR count). The van der Waals surface area contributed by atoms with Crippen molar-refractivity contribution in [2.24, 2.45) is 22.7 Å². The van der Waals surface area contributed by atoms with Crippen molar-refractivity contribution < 1.29 is 14.1 Å². The van der Waals surface area contributed by atoms with Gasteiger partial charge in [-0.25, -0.2) is 0 Å². The van der Waals surface area contributed by atoms with Gasteiger partial charge in [-0.15, -0.1) is 11.8 Å². The largest absolute Gasteiger partial charge is 0.474 e. The van der Waals surface area contributed by atoms with E-state index in [4.69, 9.17) is 9.26 Å². The van der Waals surface area contributed by atoms with E-state index in [1.165, 1.54) is 44.9 Å². The standard InChI is InChI=1S/C26H41N3O3S/c1-25(2)18-9-12-26(25,3)20(15-18)28-23(30)21-22(33-19-7-5-4-6-8-19)24(29-32-21)31-16-17-10-13-27-14-11-17/h17-20,27H,4-16H2,1-3H3,(H,28,30)/t18-,20+,26-/m1/s1. The van der Waals surface area contributed by atoms with Gasteiger partial charge in [0.05, 0.1) is 6.61 Å². The van der Waals surface area contributed by atoms with Gasteiger partial charge < -0.3 is 19.9 Å². The summed E-state index contributed by atoms with van der Waals surface area (Å²) in [5.74, 6) is 1.97. The number of fused-ring (bicyclic) bond motifs is 2. The maximum Gasteiger partial charge on any atom is 0.291 e. The van der Waals surface area contributed by atoms with E-state index < -0.39 is 0 Å². The molecule has 0 spiro atoms. The smallest absolute Gasteiger partial charge is 0.291 e. The maximum atomic E-state index is 13.5. The minimum absolute atomic E-state index is 0.118. The minimum atomic E-state index is -0.118. The summed E-state index contributed by atoms with van der Waals surface area (Å²) in [6.45, 7) is 9.84. The Morgan fingerprint density at radius 3 is 2.58 bits per heavy atom. The van der Waals surface area contributed by atoms with Crippen LogP contribution in [-0.4, -0.2) is 42.1 Å². The molecule has 33 heavy (non-hydrogen) atoms. The van der Waals surface area contributed by atoms with Gasteiger partial charge in [0.1, 0.15) is 4.90 Å². The molecular weight excluding hydrogens is 434 g/mol. The third-order valence-electron chi connectivity index (χ3n) is 9.68. The molecule has 1 aliphatic heterocycles. The highest BCUT2D eigenvalue weighted by Gasteiger charge is 2.61. The second kappa shape index (κ2) is 9.44. The molecule has 184 valence electrons. The van der Waals surface area contributed by atoms with E-state index in [0.29, 0.717) is 35.3 Å². The van der Waals surface area contributed by atoms with Gasteiger partial charge in [-0.1, -0.05) is 40.0 Å². The topological polar surface area (TPSA) is 76.4 Å². The summed E-state index contributed by atoms with van der Waals surface area (Å²) in [7, 11) is 0. The third-order valence-corrected chi connectivity index (χ3v) is 11.1. The van der Waals surface area contributed by atoms with E-state index >= 15 is 0 Å². The predicted octanol–water partition coefficient (Wildman–Crippen LogP) is 5.42. The number of nitrogens with one attached hydrogen (secondary N) is 2. The van der Waals surface area contributed by atoms with Gasteiger partial charge in [-0.2, -0.15) is 0 Å². The first-order valence-corrected chi connectivity index (χ1v) is 14.1. The molecule has 6 nitrogen and oxygen atoms in total. The van der Waals surface area contributed by atoms with Crippen LogP contribution in [0.5, 0.6) is 5.88 Å². The zero-order valence-electron chi connectivity index (χ0n) is 20.6. The van der Waals surface area contributed by atoms with Crippen molar-refractivity contribution in [3.05, 3.63) is 5.76 Å². The van der Waals surface area contributed by atoms with Gasteiger partial charge in [0.25, 0.3) is 11.8 Å². The van der Waals surface area contributed by atoms with Crippen LogP contribution < -0.4 is 15.4 Å². The lowest BCUT2D eigenvalue weighted by Crippen LogP contribution is -2.46. The molecular formula is C26H41N3O3S. The fourth-order valence-corrected chi connectivity index (χ4v) is 8.18. The number of amides is 1. The normalized spacial score (nSPS) is 32.2. The summed E-state index contributed by atoms with van der Waals surface area (Å²) in [5.41, 5.74) is 0.396. The van der Waals surface area contributed by atoms with Crippen LogP contribution in [0.1, 0.15) is 95.5 Å². The Kier molecular flexibility index (Phi) is 6.73. The molecule has 2 heterocycles. The Balaban J connectivity index is 1.32. The summed E-state index contributed by atoms with van der Waals surface area (Å²) in [4.78, 5) is 14.3. The fraction of sp³-hybridized carbons (Fsp3) is 0.846. The SMILES string of the molecule is CC1(C)[C@@H]2CC[C@]1(C)[C@@H](NC(=O)c1onc(OCC3CCNCC3)c1SC1CCCCC1)C2. The number of rotatable bonds is 7. The molecule has 2 N–H and O–H groups in total. The van der Waals surface area contributed by atoms with E-state index in [9.17, 15) is 4.79 Å². The fourth-order valence-electron chi connectivity index (χ4n) is 6.85. The van der Waals surface area contributed by atoms with Crippen molar-refractivity contribution >= 4 is 17.7 Å². The van der Waals surface area contributed by atoms with Crippen LogP contribution in [-0.2, 0) is 0 Å². The summed E-state index contributed by atoms with van der Waals surface area (Å²) in [6.07, 6.45) is 11.9. The number of carbonyl (C=O) groups excluding carboxylic acids is 1. The lowest BCUT2D eigenvalue weighted by Gasteiger charge is -2.39. The van der Waals surface area contributed by atoms with Gasteiger partial charge in [0.15, 0.2) is 0 Å². The van der Waals surface area contributed by atoms with E-state index in [1.807, 2.05) is 0 Å². The van der Waals surface area contributed by atoms with Crippen LogP contribution in [0.15, 0.2) is 9.42 Å². The number of thioether (sulfide) groups is 1. The molecule has 1 saturated heterocycles. The summed E-state index contributed by atoms with van der Waals surface area (Å²) >= 11 is 1.76. The predicted molar refractivity (Wildman–Crippen MR) is 131 cm³/mol. The molecule has 3 atom stereocenters. The molecule has 4 fully saturated rings. The number of piperidine rings is 1. The van der Waals surface area contributed by atoms with Crippen molar-refractivity contribution in [3.63, 3.8) is 0 Å². The Morgan fingerprint density at radius 2 is 1.91 bits per heavy atom. The van der Waals surface area contributed by atoms with Crippen LogP contribution in [0, 0.1) is 22.7 Å². The van der Waals surface area contributed by atoms with Crippen LogP contribution in [0.4, 0.5) is 0 Å². The molecule has 3 saturated carbocycles. The molecule has 1 amide bonds. The number of nitrogens with zero attached hydrogens (tertiary/aromatic N) is 1. The maximum absolute atomic E-state index is 13.5. The average molecular weight is 476 g/mol. The van der Waals surface area contributed by atoms with Crippen molar-refractivity contribution in [2.75, 3.05) is 19.7 Å². The quantitative estimate of drug-likeness (QED) is 0.548. The van der Waals surface area contributed by atoms with Crippen molar-refractivity contribution in [1.82, 2.24) is 15.8 Å². The first kappa shape index (κ1) is 23.5. The molecule has 0 radical (unpaired) electrons. The van der Waals surface area contributed by atoms with Gasteiger partial charge in [-0.05, 0) is 85.9 Å². The number of aromatic nitrogens is 1. The lowest BCUT2D eigenvalue weighted by atomic mass is 9.69. The van der Waals surface area contributed by atoms with Gasteiger partial charge >= 0.3 is 0 Å². The van der Waals surface area contributed by atoms with Gasteiger partial charge in [-0.3, -0.25) is 4.79 Å². The first-order chi connectivity index (χ1) is 15.9. The molecule has 0 unspecified atom stereocenters. The summed E-state index contributed by atoms with van der Waals surface area (Å²) < 4.78 is 11.9. The molecule has 3 aliphatic carbocycles.